The van der Waals surface area contributed by atoms with Crippen molar-refractivity contribution < 1.29 is 9.59 Å². The lowest BCUT2D eigenvalue weighted by Crippen LogP contribution is -2.36. The number of benzene rings is 1. The molecule has 1 aromatic carbocycles. The van der Waals surface area contributed by atoms with Crippen LogP contribution in [0.2, 0.25) is 0 Å². The van der Waals surface area contributed by atoms with E-state index >= 15 is 0 Å². The predicted octanol–water partition coefficient (Wildman–Crippen LogP) is 2.28. The van der Waals surface area contributed by atoms with E-state index in [-0.39, 0.29) is 11.8 Å². The fourth-order valence-corrected chi connectivity index (χ4v) is 1.90. The first kappa shape index (κ1) is 17.2. The van der Waals surface area contributed by atoms with Crippen molar-refractivity contribution in [2.45, 2.75) is 45.6 Å². The molecule has 5 heteroatoms. The van der Waals surface area contributed by atoms with Gasteiger partial charge in [0.2, 0.25) is 5.91 Å². The van der Waals surface area contributed by atoms with E-state index in [1.807, 2.05) is 6.92 Å². The molecule has 0 fully saturated rings. The summed E-state index contributed by atoms with van der Waals surface area (Å²) >= 11 is 0. The van der Waals surface area contributed by atoms with Gasteiger partial charge in [-0.25, -0.2) is 0 Å². The van der Waals surface area contributed by atoms with E-state index in [4.69, 9.17) is 5.73 Å². The Kier molecular flexibility index (Phi) is 7.46. The molecule has 0 spiro atoms. The zero-order chi connectivity index (χ0) is 15.7. The van der Waals surface area contributed by atoms with Gasteiger partial charge in [-0.05, 0) is 25.0 Å². The molecular formula is C16H25N3O2. The molecule has 0 aliphatic rings. The normalized spacial score (nSPS) is 11.8. The van der Waals surface area contributed by atoms with Gasteiger partial charge in [0.1, 0.15) is 0 Å². The van der Waals surface area contributed by atoms with E-state index in [9.17, 15) is 9.59 Å². The lowest BCUT2D eigenvalue weighted by Gasteiger charge is -2.14. The molecule has 0 aliphatic heterocycles. The van der Waals surface area contributed by atoms with Gasteiger partial charge in [0.25, 0.3) is 5.91 Å². The molecule has 0 heterocycles. The Bertz CT molecular complexity index is 474. The minimum Gasteiger partial charge on any atom is -0.352 e. The Hall–Kier alpha value is -1.88. The number of amides is 2. The van der Waals surface area contributed by atoms with Crippen molar-refractivity contribution in [2.24, 2.45) is 5.73 Å². The number of carbonyl (C=O) groups excluding carboxylic acids is 2. The summed E-state index contributed by atoms with van der Waals surface area (Å²) < 4.78 is 0. The highest BCUT2D eigenvalue weighted by molar-refractivity contribution is 6.04. The lowest BCUT2D eigenvalue weighted by atomic mass is 10.1. The van der Waals surface area contributed by atoms with Crippen LogP contribution >= 0.6 is 0 Å². The third-order valence-corrected chi connectivity index (χ3v) is 3.17. The van der Waals surface area contributed by atoms with Crippen LogP contribution in [0, 0.1) is 0 Å². The second kappa shape index (κ2) is 9.13. The highest BCUT2D eigenvalue weighted by atomic mass is 16.2. The Balaban J connectivity index is 2.74. The van der Waals surface area contributed by atoms with Crippen molar-refractivity contribution in [3.8, 4) is 0 Å². The maximum absolute atomic E-state index is 12.1. The molecule has 0 aliphatic carbocycles. The Labute approximate surface area is 126 Å². The number of carbonyl (C=O) groups is 2. The van der Waals surface area contributed by atoms with Crippen LogP contribution < -0.4 is 16.4 Å². The summed E-state index contributed by atoms with van der Waals surface area (Å²) in [5, 5.41) is 5.56. The van der Waals surface area contributed by atoms with Crippen molar-refractivity contribution in [2.75, 3.05) is 11.9 Å². The van der Waals surface area contributed by atoms with E-state index < -0.39 is 6.04 Å². The number of nitrogens with two attached hydrogens (primary N) is 1. The first-order chi connectivity index (χ1) is 10.1. The number of anilines is 1. The molecule has 0 saturated carbocycles. The molecule has 0 saturated heterocycles. The number of rotatable bonds is 8. The van der Waals surface area contributed by atoms with Crippen LogP contribution in [0.1, 0.15) is 49.9 Å². The fourth-order valence-electron chi connectivity index (χ4n) is 1.90. The van der Waals surface area contributed by atoms with E-state index in [0.717, 1.165) is 19.3 Å². The van der Waals surface area contributed by atoms with Crippen molar-refractivity contribution >= 4 is 17.5 Å². The zero-order valence-corrected chi connectivity index (χ0v) is 12.8. The molecule has 1 unspecified atom stereocenters. The molecule has 1 atom stereocenters. The summed E-state index contributed by atoms with van der Waals surface area (Å²) in [4.78, 5) is 24.1. The minimum atomic E-state index is -0.545. The number of hydrogen-bond donors (Lipinski definition) is 3. The molecule has 4 N–H and O–H groups in total. The molecule has 1 aromatic rings. The van der Waals surface area contributed by atoms with E-state index in [1.165, 1.54) is 0 Å². The maximum Gasteiger partial charge on any atom is 0.253 e. The van der Waals surface area contributed by atoms with Gasteiger partial charge in [0.15, 0.2) is 0 Å². The predicted molar refractivity (Wildman–Crippen MR) is 85.2 cm³/mol. The van der Waals surface area contributed by atoms with Gasteiger partial charge in [-0.3, -0.25) is 9.59 Å². The van der Waals surface area contributed by atoms with Gasteiger partial charge >= 0.3 is 0 Å². The Morgan fingerprint density at radius 3 is 2.57 bits per heavy atom. The van der Waals surface area contributed by atoms with Crippen LogP contribution in [0.15, 0.2) is 24.3 Å². The van der Waals surface area contributed by atoms with Crippen molar-refractivity contribution in [3.63, 3.8) is 0 Å². The lowest BCUT2D eigenvalue weighted by molar-refractivity contribution is -0.117. The Morgan fingerprint density at radius 1 is 1.19 bits per heavy atom. The third kappa shape index (κ3) is 5.55. The highest BCUT2D eigenvalue weighted by Gasteiger charge is 2.16. The van der Waals surface area contributed by atoms with Gasteiger partial charge in [-0.1, -0.05) is 38.8 Å². The molecule has 21 heavy (non-hydrogen) atoms. The van der Waals surface area contributed by atoms with E-state index in [2.05, 4.69) is 17.6 Å². The average molecular weight is 291 g/mol. The first-order valence-electron chi connectivity index (χ1n) is 7.53. The zero-order valence-electron chi connectivity index (χ0n) is 12.8. The van der Waals surface area contributed by atoms with E-state index in [1.54, 1.807) is 24.3 Å². The summed E-state index contributed by atoms with van der Waals surface area (Å²) in [5.74, 6) is -0.436. The van der Waals surface area contributed by atoms with Gasteiger partial charge in [0.05, 0.1) is 17.3 Å². The Morgan fingerprint density at radius 2 is 1.90 bits per heavy atom. The molecule has 0 radical (unpaired) electrons. The van der Waals surface area contributed by atoms with Gasteiger partial charge in [-0.2, -0.15) is 0 Å². The first-order valence-corrected chi connectivity index (χ1v) is 7.53. The number of nitrogens with one attached hydrogen (secondary N) is 2. The molecule has 116 valence electrons. The average Bonchev–Trinajstić information content (AvgIpc) is 2.50. The summed E-state index contributed by atoms with van der Waals surface area (Å²) in [5.41, 5.74) is 6.81. The van der Waals surface area contributed by atoms with Crippen LogP contribution in [0.25, 0.3) is 0 Å². The summed E-state index contributed by atoms with van der Waals surface area (Å²) in [6, 6.07) is 6.41. The number of unbranched alkanes of at least 4 members (excludes halogenated alkanes) is 1. The minimum absolute atomic E-state index is 0.185. The molecule has 0 aromatic heterocycles. The van der Waals surface area contributed by atoms with Gasteiger partial charge in [-0.15, -0.1) is 0 Å². The second-order valence-corrected chi connectivity index (χ2v) is 5.04. The number of hydrogen-bond acceptors (Lipinski definition) is 3. The topological polar surface area (TPSA) is 84.2 Å². The standard InChI is InChI=1S/C16H25N3O2/c1-3-5-9-13(17)16(21)19-14-10-7-6-8-12(14)15(20)18-11-4-2/h6-8,10,13H,3-5,9,11,17H2,1-2H3,(H,18,20)(H,19,21). The van der Waals surface area contributed by atoms with Crippen LogP contribution in [-0.4, -0.2) is 24.4 Å². The highest BCUT2D eigenvalue weighted by Crippen LogP contribution is 2.15. The van der Waals surface area contributed by atoms with Crippen molar-refractivity contribution in [3.05, 3.63) is 29.8 Å². The quantitative estimate of drug-likeness (QED) is 0.687. The van der Waals surface area contributed by atoms with Crippen molar-refractivity contribution in [1.29, 1.82) is 0 Å². The molecule has 2 amide bonds. The van der Waals surface area contributed by atoms with Gasteiger partial charge < -0.3 is 16.4 Å². The van der Waals surface area contributed by atoms with Crippen LogP contribution in [0.3, 0.4) is 0 Å². The fraction of sp³-hybridized carbons (Fsp3) is 0.500. The maximum atomic E-state index is 12.1. The number of para-hydroxylation sites is 1. The molecule has 0 bridgehead atoms. The second-order valence-electron chi connectivity index (χ2n) is 5.04. The molecular weight excluding hydrogens is 266 g/mol. The largest absolute Gasteiger partial charge is 0.352 e. The van der Waals surface area contributed by atoms with Crippen LogP contribution in [-0.2, 0) is 4.79 Å². The van der Waals surface area contributed by atoms with Crippen LogP contribution in [0.5, 0.6) is 0 Å². The smallest absolute Gasteiger partial charge is 0.253 e. The monoisotopic (exact) mass is 291 g/mol. The molecule has 1 rings (SSSR count). The summed E-state index contributed by atoms with van der Waals surface area (Å²) in [6.07, 6.45) is 3.42. The third-order valence-electron chi connectivity index (χ3n) is 3.17. The summed E-state index contributed by atoms with van der Waals surface area (Å²) in [6.45, 7) is 4.65. The molecule has 5 nitrogen and oxygen atoms in total. The van der Waals surface area contributed by atoms with Crippen molar-refractivity contribution in [1.82, 2.24) is 5.32 Å². The van der Waals surface area contributed by atoms with E-state index in [0.29, 0.717) is 24.2 Å². The van der Waals surface area contributed by atoms with Gasteiger partial charge in [0, 0.05) is 6.54 Å². The van der Waals surface area contributed by atoms with Crippen LogP contribution in [0.4, 0.5) is 5.69 Å². The SMILES string of the molecule is CCCCC(N)C(=O)Nc1ccccc1C(=O)NCCC. The summed E-state index contributed by atoms with van der Waals surface area (Å²) in [7, 11) is 0.